The molecule has 2 atom stereocenters. The fraction of sp³-hybridized carbons (Fsp3) is 0.455. The molecular weight excluding hydrogens is 454 g/mol. The van der Waals surface area contributed by atoms with Gasteiger partial charge >= 0.3 is 5.97 Å². The summed E-state index contributed by atoms with van der Waals surface area (Å²) in [5.41, 5.74) is 0.658. The van der Waals surface area contributed by atoms with Crippen LogP contribution in [0.1, 0.15) is 32.3 Å². The third kappa shape index (κ3) is 5.56. The molecule has 1 aromatic carbocycles. The number of nitriles is 1. The molecule has 0 saturated carbocycles. The molecule has 2 amide bonds. The van der Waals surface area contributed by atoms with Crippen LogP contribution in [0.5, 0.6) is 5.75 Å². The van der Waals surface area contributed by atoms with E-state index in [0.29, 0.717) is 36.0 Å². The molecule has 172 valence electrons. The van der Waals surface area contributed by atoms with Crippen molar-refractivity contribution in [1.82, 2.24) is 10.2 Å². The molecule has 1 aliphatic rings. The first kappa shape index (κ1) is 25.6. The van der Waals surface area contributed by atoms with E-state index in [2.05, 4.69) is 11.4 Å². The van der Waals surface area contributed by atoms with Crippen LogP contribution in [0.2, 0.25) is 5.02 Å². The van der Waals surface area contributed by atoms with E-state index >= 15 is 0 Å². The maximum atomic E-state index is 12.9. The molecule has 1 aromatic rings. The van der Waals surface area contributed by atoms with Crippen LogP contribution < -0.4 is 10.1 Å². The van der Waals surface area contributed by atoms with E-state index in [0.717, 1.165) is 11.8 Å². The Morgan fingerprint density at radius 3 is 2.50 bits per heavy atom. The number of rotatable bonds is 9. The Kier molecular flexibility index (Phi) is 9.42. The molecule has 1 heterocycles. The molecule has 0 bridgehead atoms. The third-order valence-corrected chi connectivity index (χ3v) is 6.35. The van der Waals surface area contributed by atoms with Crippen LogP contribution in [0.4, 0.5) is 0 Å². The lowest BCUT2D eigenvalue weighted by Gasteiger charge is -2.31. The Morgan fingerprint density at radius 1 is 1.28 bits per heavy atom. The van der Waals surface area contributed by atoms with Gasteiger partial charge < -0.3 is 19.7 Å². The number of esters is 1. The lowest BCUT2D eigenvalue weighted by molar-refractivity contribution is -0.150. The third-order valence-electron chi connectivity index (χ3n) is 5.05. The fourth-order valence-corrected chi connectivity index (χ4v) is 4.66. The first-order valence-electron chi connectivity index (χ1n) is 10.2. The van der Waals surface area contributed by atoms with Gasteiger partial charge in [0.1, 0.15) is 11.7 Å². The van der Waals surface area contributed by atoms with Crippen LogP contribution in [0.3, 0.4) is 0 Å². The van der Waals surface area contributed by atoms with Crippen molar-refractivity contribution in [2.45, 2.75) is 26.7 Å². The van der Waals surface area contributed by atoms with E-state index in [-0.39, 0.29) is 22.3 Å². The first-order valence-corrected chi connectivity index (χ1v) is 11.5. The quantitative estimate of drug-likeness (QED) is 0.428. The van der Waals surface area contributed by atoms with Crippen LogP contribution in [-0.4, -0.2) is 55.2 Å². The Morgan fingerprint density at radius 2 is 1.97 bits per heavy atom. The van der Waals surface area contributed by atoms with E-state index < -0.39 is 23.7 Å². The molecule has 0 saturated heterocycles. The van der Waals surface area contributed by atoms with E-state index in [4.69, 9.17) is 21.1 Å². The summed E-state index contributed by atoms with van der Waals surface area (Å²) >= 11 is 7.39. The van der Waals surface area contributed by atoms with Gasteiger partial charge in [0, 0.05) is 19.0 Å². The van der Waals surface area contributed by atoms with Crippen molar-refractivity contribution >= 4 is 41.1 Å². The molecule has 2 rings (SSSR count). The van der Waals surface area contributed by atoms with Crippen molar-refractivity contribution in [3.8, 4) is 11.8 Å². The molecule has 10 heteroatoms. The summed E-state index contributed by atoms with van der Waals surface area (Å²) in [6, 6.07) is 6.98. The average Bonchev–Trinajstić information content (AvgIpc) is 2.78. The lowest BCUT2D eigenvalue weighted by Crippen LogP contribution is -2.44. The number of nitrogens with one attached hydrogen (secondary N) is 1. The zero-order chi connectivity index (χ0) is 23.8. The second-order valence-corrected chi connectivity index (χ2v) is 8.19. The number of halogens is 1. The monoisotopic (exact) mass is 479 g/mol. The highest BCUT2D eigenvalue weighted by Crippen LogP contribution is 2.42. The largest absolute Gasteiger partial charge is 0.492 e. The normalized spacial score (nSPS) is 17.9. The standard InChI is InChI=1S/C22H26ClN3O5S/c1-5-26(6-2)17(27)12-32-21-14(11-24)18(19(20(28)25-21)22(29)30-4)13-8-9-16(31-7-3)15(23)10-13/h8-10,18-19H,5-7,12H2,1-4H3,(H,25,28)/t18-,19-/m1/s1. The maximum absolute atomic E-state index is 12.9. The molecule has 1 N–H and O–H groups in total. The van der Waals surface area contributed by atoms with Crippen molar-refractivity contribution in [3.63, 3.8) is 0 Å². The Hall–Kier alpha value is -2.70. The van der Waals surface area contributed by atoms with Crippen molar-refractivity contribution < 1.29 is 23.9 Å². The molecule has 1 aliphatic heterocycles. The number of methoxy groups -OCH3 is 1. The molecule has 0 spiro atoms. The van der Waals surface area contributed by atoms with Gasteiger partial charge in [-0.3, -0.25) is 14.4 Å². The number of allylic oxidation sites excluding steroid dienone is 1. The number of amides is 2. The van der Waals surface area contributed by atoms with E-state index in [1.807, 2.05) is 20.8 Å². The summed E-state index contributed by atoms with van der Waals surface area (Å²) in [6.07, 6.45) is 0. The van der Waals surface area contributed by atoms with Gasteiger partial charge in [-0.25, -0.2) is 0 Å². The topological polar surface area (TPSA) is 109 Å². The minimum Gasteiger partial charge on any atom is -0.492 e. The number of benzene rings is 1. The van der Waals surface area contributed by atoms with Gasteiger partial charge in [0.2, 0.25) is 11.8 Å². The molecule has 8 nitrogen and oxygen atoms in total. The highest BCUT2D eigenvalue weighted by Gasteiger charge is 2.44. The number of nitrogens with zero attached hydrogens (tertiary/aromatic N) is 2. The SMILES string of the molecule is CCOc1ccc([C@@H]2C(C#N)=C(SCC(=O)N(CC)CC)NC(=O)[C@@H]2C(=O)OC)cc1Cl. The molecule has 0 aromatic heterocycles. The predicted molar refractivity (Wildman–Crippen MR) is 122 cm³/mol. The average molecular weight is 480 g/mol. The van der Waals surface area contributed by atoms with E-state index in [9.17, 15) is 19.6 Å². The second kappa shape index (κ2) is 11.8. The van der Waals surface area contributed by atoms with E-state index in [1.54, 1.807) is 23.1 Å². The maximum Gasteiger partial charge on any atom is 0.319 e. The van der Waals surface area contributed by atoms with Gasteiger partial charge in [-0.1, -0.05) is 29.4 Å². The summed E-state index contributed by atoms with van der Waals surface area (Å²) in [6.45, 7) is 7.11. The van der Waals surface area contributed by atoms with E-state index in [1.165, 1.54) is 7.11 Å². The summed E-state index contributed by atoms with van der Waals surface area (Å²) in [5.74, 6) is -3.18. The van der Waals surface area contributed by atoms with Crippen molar-refractivity contribution in [2.24, 2.45) is 5.92 Å². The molecule has 0 fully saturated rings. The highest BCUT2D eigenvalue weighted by atomic mass is 35.5. The molecule has 0 radical (unpaired) electrons. The minimum atomic E-state index is -1.27. The smallest absolute Gasteiger partial charge is 0.319 e. The highest BCUT2D eigenvalue weighted by molar-refractivity contribution is 8.03. The molecule has 32 heavy (non-hydrogen) atoms. The zero-order valence-corrected chi connectivity index (χ0v) is 20.0. The first-order chi connectivity index (χ1) is 15.3. The number of hydrogen-bond donors (Lipinski definition) is 1. The Bertz CT molecular complexity index is 955. The van der Waals surface area contributed by atoms with Gasteiger partial charge in [0.15, 0.2) is 0 Å². The Labute approximate surface area is 196 Å². The van der Waals surface area contributed by atoms with Crippen LogP contribution in [-0.2, 0) is 19.1 Å². The predicted octanol–water partition coefficient (Wildman–Crippen LogP) is 3.08. The van der Waals surface area contributed by atoms with Crippen molar-refractivity contribution in [2.75, 3.05) is 32.6 Å². The fourth-order valence-electron chi connectivity index (χ4n) is 3.46. The number of carbonyl (C=O) groups excluding carboxylic acids is 3. The van der Waals surface area contributed by atoms with Gasteiger partial charge in [0.25, 0.3) is 0 Å². The number of hydrogen-bond acceptors (Lipinski definition) is 7. The van der Waals surface area contributed by atoms with Gasteiger partial charge in [-0.05, 0) is 38.5 Å². The summed E-state index contributed by atoms with van der Waals surface area (Å²) in [7, 11) is 1.18. The van der Waals surface area contributed by atoms with Crippen LogP contribution in [0.25, 0.3) is 0 Å². The summed E-state index contributed by atoms with van der Waals surface area (Å²) in [4.78, 5) is 39.4. The molecule has 0 unspecified atom stereocenters. The molecule has 0 aliphatic carbocycles. The minimum absolute atomic E-state index is 0.0438. The number of thioether (sulfide) groups is 1. The Balaban J connectivity index is 2.51. The number of ether oxygens (including phenoxy) is 2. The molecular formula is C22H26ClN3O5S. The van der Waals surface area contributed by atoms with Gasteiger partial charge in [0.05, 0.1) is 41.2 Å². The summed E-state index contributed by atoms with van der Waals surface area (Å²) < 4.78 is 10.3. The second-order valence-electron chi connectivity index (χ2n) is 6.80. The lowest BCUT2D eigenvalue weighted by atomic mass is 9.78. The zero-order valence-electron chi connectivity index (χ0n) is 18.4. The van der Waals surface area contributed by atoms with Gasteiger partial charge in [-0.2, -0.15) is 5.26 Å². The summed E-state index contributed by atoms with van der Waals surface area (Å²) in [5, 5.41) is 13.1. The van der Waals surface area contributed by atoms with Crippen LogP contribution in [0, 0.1) is 17.2 Å². The van der Waals surface area contributed by atoms with Crippen molar-refractivity contribution in [3.05, 3.63) is 39.4 Å². The van der Waals surface area contributed by atoms with Gasteiger partial charge in [-0.15, -0.1) is 0 Å². The van der Waals surface area contributed by atoms with Crippen LogP contribution in [0.15, 0.2) is 28.8 Å². The van der Waals surface area contributed by atoms with Crippen molar-refractivity contribution in [1.29, 1.82) is 5.26 Å². The number of carbonyl (C=O) groups is 3. The van der Waals surface area contributed by atoms with Crippen LogP contribution >= 0.6 is 23.4 Å².